The SMILES string of the molecule is Cn1c(-c2cc3cccnc3n2CC2CC2)nc2cc(C(=O)N3C[C@@H](N)C[C@H](F)C3)cc(OCC(F)F)c21. The van der Waals surface area contributed by atoms with Gasteiger partial charge in [0.15, 0.2) is 5.82 Å². The number of carbonyl (C=O) groups excluding carboxylic acids is 1. The van der Waals surface area contributed by atoms with E-state index in [1.807, 2.05) is 18.2 Å². The molecule has 0 radical (unpaired) electrons. The zero-order valence-corrected chi connectivity index (χ0v) is 21.0. The Morgan fingerprint density at radius 1 is 1.24 bits per heavy atom. The average Bonchev–Trinajstić information content (AvgIpc) is 3.55. The van der Waals surface area contributed by atoms with E-state index in [1.165, 1.54) is 11.0 Å². The zero-order valence-electron chi connectivity index (χ0n) is 21.0. The van der Waals surface area contributed by atoms with Gasteiger partial charge in [-0.05, 0) is 55.5 Å². The van der Waals surface area contributed by atoms with Crippen LogP contribution in [0, 0.1) is 5.92 Å². The first-order chi connectivity index (χ1) is 18.3. The van der Waals surface area contributed by atoms with E-state index < -0.39 is 31.2 Å². The lowest BCUT2D eigenvalue weighted by Gasteiger charge is -2.33. The summed E-state index contributed by atoms with van der Waals surface area (Å²) in [6.45, 7) is 0.114. The van der Waals surface area contributed by atoms with E-state index in [4.69, 9.17) is 15.5 Å². The average molecular weight is 527 g/mol. The lowest BCUT2D eigenvalue weighted by molar-refractivity contribution is 0.0606. The van der Waals surface area contributed by atoms with Crippen LogP contribution in [-0.4, -0.2) is 68.2 Å². The first kappa shape index (κ1) is 24.7. The van der Waals surface area contributed by atoms with E-state index in [9.17, 15) is 18.0 Å². The van der Waals surface area contributed by atoms with Crippen molar-refractivity contribution in [1.82, 2.24) is 24.0 Å². The number of carbonyl (C=O) groups is 1. The molecule has 6 rings (SSSR count). The number of aryl methyl sites for hydroxylation is 1. The second-order valence-corrected chi connectivity index (χ2v) is 10.3. The molecule has 2 atom stereocenters. The molecule has 1 aromatic carbocycles. The summed E-state index contributed by atoms with van der Waals surface area (Å²) in [5.41, 5.74) is 8.75. The molecule has 2 aliphatic rings. The van der Waals surface area contributed by atoms with Gasteiger partial charge in [0.25, 0.3) is 12.3 Å². The number of benzene rings is 1. The smallest absolute Gasteiger partial charge is 0.272 e. The third kappa shape index (κ3) is 4.59. The number of rotatable bonds is 7. The maximum absolute atomic E-state index is 14.2. The number of amides is 1. The number of nitrogens with two attached hydrogens (primary N) is 1. The van der Waals surface area contributed by atoms with Gasteiger partial charge in [-0.25, -0.2) is 23.1 Å². The minimum atomic E-state index is -2.70. The molecule has 200 valence electrons. The van der Waals surface area contributed by atoms with Crippen LogP contribution >= 0.6 is 0 Å². The number of aromatic nitrogens is 4. The standard InChI is InChI=1S/C27H29F3N6O2/c1-34-24-20(33-26(34)21-8-16-3-2-6-32-25(16)36(21)11-15-4-5-15)7-17(9-22(24)38-14-23(29)30)27(37)35-12-18(28)10-19(31)13-35/h2-3,6-9,15,18-19,23H,4-5,10-14,31H2,1H3/t18-,19-/m0/s1. The van der Waals surface area contributed by atoms with E-state index in [2.05, 4.69) is 9.55 Å². The van der Waals surface area contributed by atoms with Crippen molar-refractivity contribution in [3.05, 3.63) is 42.1 Å². The highest BCUT2D eigenvalue weighted by Gasteiger charge is 2.30. The first-order valence-corrected chi connectivity index (χ1v) is 12.8. The van der Waals surface area contributed by atoms with Crippen LogP contribution in [0.4, 0.5) is 13.2 Å². The van der Waals surface area contributed by atoms with Crippen molar-refractivity contribution in [2.45, 2.75) is 44.4 Å². The molecule has 1 saturated heterocycles. The Hall–Kier alpha value is -3.60. The highest BCUT2D eigenvalue weighted by Crippen LogP contribution is 2.37. The quantitative estimate of drug-likeness (QED) is 0.391. The molecule has 2 N–H and O–H groups in total. The van der Waals surface area contributed by atoms with Gasteiger partial charge in [0.05, 0.1) is 17.8 Å². The number of ether oxygens (including phenoxy) is 1. The van der Waals surface area contributed by atoms with Crippen LogP contribution in [0.1, 0.15) is 29.6 Å². The van der Waals surface area contributed by atoms with Crippen molar-refractivity contribution >= 4 is 28.0 Å². The summed E-state index contributed by atoms with van der Waals surface area (Å²) in [7, 11) is 1.80. The minimum absolute atomic E-state index is 0.0699. The molecule has 4 aromatic rings. The summed E-state index contributed by atoms with van der Waals surface area (Å²) in [4.78, 5) is 24.1. The molecule has 0 spiro atoms. The Balaban J connectivity index is 1.47. The van der Waals surface area contributed by atoms with Crippen molar-refractivity contribution in [2.24, 2.45) is 18.7 Å². The molecular formula is C27H29F3N6O2. The van der Waals surface area contributed by atoms with Gasteiger partial charge in [0.1, 0.15) is 29.7 Å². The second kappa shape index (κ2) is 9.61. The predicted molar refractivity (Wildman–Crippen MR) is 137 cm³/mol. The van der Waals surface area contributed by atoms with Crippen molar-refractivity contribution in [1.29, 1.82) is 0 Å². The lowest BCUT2D eigenvalue weighted by atomic mass is 10.0. The summed E-state index contributed by atoms with van der Waals surface area (Å²) in [5.74, 6) is 0.860. The van der Waals surface area contributed by atoms with Crippen LogP contribution in [0.2, 0.25) is 0 Å². The van der Waals surface area contributed by atoms with Gasteiger partial charge in [-0.3, -0.25) is 4.79 Å². The van der Waals surface area contributed by atoms with Crippen LogP contribution in [0.3, 0.4) is 0 Å². The van der Waals surface area contributed by atoms with E-state index in [0.717, 1.165) is 36.1 Å². The third-order valence-electron chi connectivity index (χ3n) is 7.29. The molecule has 1 amide bonds. The molecule has 38 heavy (non-hydrogen) atoms. The van der Waals surface area contributed by atoms with Gasteiger partial charge in [0.2, 0.25) is 0 Å². The highest BCUT2D eigenvalue weighted by atomic mass is 19.3. The van der Waals surface area contributed by atoms with Gasteiger partial charge in [0, 0.05) is 43.3 Å². The van der Waals surface area contributed by atoms with Gasteiger partial charge in [-0.15, -0.1) is 0 Å². The number of imidazole rings is 1. The number of halogens is 3. The van der Waals surface area contributed by atoms with Gasteiger partial charge >= 0.3 is 0 Å². The van der Waals surface area contributed by atoms with Crippen molar-refractivity contribution in [2.75, 3.05) is 19.7 Å². The van der Waals surface area contributed by atoms with E-state index in [0.29, 0.717) is 22.8 Å². The van der Waals surface area contributed by atoms with Crippen molar-refractivity contribution in [3.8, 4) is 17.3 Å². The third-order valence-corrected chi connectivity index (χ3v) is 7.29. The zero-order chi connectivity index (χ0) is 26.6. The summed E-state index contributed by atoms with van der Waals surface area (Å²) < 4.78 is 49.9. The molecule has 8 nitrogen and oxygen atoms in total. The van der Waals surface area contributed by atoms with Crippen LogP contribution in [0.5, 0.6) is 5.75 Å². The Kier molecular flexibility index (Phi) is 6.25. The molecule has 1 aliphatic heterocycles. The minimum Gasteiger partial charge on any atom is -0.485 e. The highest BCUT2D eigenvalue weighted by molar-refractivity contribution is 6.00. The molecular weight excluding hydrogens is 497 g/mol. The number of alkyl halides is 3. The normalized spacial score (nSPS) is 20.1. The Morgan fingerprint density at radius 2 is 2.05 bits per heavy atom. The van der Waals surface area contributed by atoms with E-state index >= 15 is 0 Å². The van der Waals surface area contributed by atoms with Crippen LogP contribution in [-0.2, 0) is 13.6 Å². The molecule has 1 saturated carbocycles. The maximum atomic E-state index is 14.2. The van der Waals surface area contributed by atoms with Crippen molar-refractivity contribution < 1.29 is 22.7 Å². The number of nitrogens with zero attached hydrogens (tertiary/aromatic N) is 5. The number of hydrogen-bond donors (Lipinski definition) is 1. The monoisotopic (exact) mass is 526 g/mol. The molecule has 2 fully saturated rings. The number of fused-ring (bicyclic) bond motifs is 2. The molecule has 0 bridgehead atoms. The van der Waals surface area contributed by atoms with Crippen LogP contribution < -0.4 is 10.5 Å². The number of hydrogen-bond acceptors (Lipinski definition) is 5. The first-order valence-electron chi connectivity index (χ1n) is 12.8. The number of pyridine rings is 1. The fourth-order valence-electron chi connectivity index (χ4n) is 5.36. The summed E-state index contributed by atoms with van der Waals surface area (Å²) in [6.07, 6.45) is 0.351. The fourth-order valence-corrected chi connectivity index (χ4v) is 5.36. The largest absolute Gasteiger partial charge is 0.485 e. The Morgan fingerprint density at radius 3 is 2.79 bits per heavy atom. The summed E-state index contributed by atoms with van der Waals surface area (Å²) in [5, 5.41) is 0.975. The molecule has 0 unspecified atom stereocenters. The van der Waals surface area contributed by atoms with Gasteiger partial charge < -0.3 is 24.5 Å². The fraction of sp³-hybridized carbons (Fsp3) is 0.444. The summed E-state index contributed by atoms with van der Waals surface area (Å²) in [6, 6.07) is 8.47. The van der Waals surface area contributed by atoms with Crippen LogP contribution in [0.15, 0.2) is 36.5 Å². The summed E-state index contributed by atoms with van der Waals surface area (Å²) >= 11 is 0. The van der Waals surface area contributed by atoms with E-state index in [1.54, 1.807) is 23.9 Å². The van der Waals surface area contributed by atoms with Crippen molar-refractivity contribution in [3.63, 3.8) is 0 Å². The molecule has 4 heterocycles. The molecule has 11 heteroatoms. The van der Waals surface area contributed by atoms with Gasteiger partial charge in [-0.2, -0.15) is 0 Å². The predicted octanol–water partition coefficient (Wildman–Crippen LogP) is 4.16. The van der Waals surface area contributed by atoms with Gasteiger partial charge in [-0.1, -0.05) is 0 Å². The topological polar surface area (TPSA) is 91.2 Å². The Bertz CT molecular complexity index is 1500. The Labute approximate surface area is 217 Å². The molecule has 3 aromatic heterocycles. The number of likely N-dealkylation sites (tertiary alicyclic amines) is 1. The number of piperidine rings is 1. The molecule has 1 aliphatic carbocycles. The second-order valence-electron chi connectivity index (χ2n) is 10.3. The lowest BCUT2D eigenvalue weighted by Crippen LogP contribution is -2.50. The van der Waals surface area contributed by atoms with E-state index in [-0.39, 0.29) is 30.8 Å². The maximum Gasteiger partial charge on any atom is 0.272 e. The van der Waals surface area contributed by atoms with Crippen LogP contribution in [0.25, 0.3) is 33.6 Å².